The standard InChI is InChI=1S/C14H23N3/c1-11-6-13(9-16-8-11)10-17-5-3-4-12(2)14(17)7-15/h6,8-9,12,14H,3-5,7,10,15H2,1-2H3. The van der Waals surface area contributed by atoms with Crippen molar-refractivity contribution >= 4 is 0 Å². The number of nitrogens with two attached hydrogens (primary N) is 1. The first kappa shape index (κ1) is 12.5. The molecule has 0 saturated carbocycles. The van der Waals surface area contributed by atoms with Crippen LogP contribution in [0, 0.1) is 12.8 Å². The normalized spacial score (nSPS) is 26.1. The molecular formula is C14H23N3. The van der Waals surface area contributed by atoms with Gasteiger partial charge in [0.05, 0.1) is 0 Å². The molecule has 1 aromatic heterocycles. The summed E-state index contributed by atoms with van der Waals surface area (Å²) in [7, 11) is 0. The van der Waals surface area contributed by atoms with Crippen LogP contribution in [-0.4, -0.2) is 29.0 Å². The van der Waals surface area contributed by atoms with Crippen LogP contribution in [0.3, 0.4) is 0 Å². The maximum Gasteiger partial charge on any atom is 0.0313 e. The predicted molar refractivity (Wildman–Crippen MR) is 70.6 cm³/mol. The fourth-order valence-electron chi connectivity index (χ4n) is 2.85. The molecule has 0 spiro atoms. The van der Waals surface area contributed by atoms with Crippen molar-refractivity contribution in [1.82, 2.24) is 9.88 Å². The highest BCUT2D eigenvalue weighted by molar-refractivity contribution is 5.16. The molecule has 2 rings (SSSR count). The molecule has 2 atom stereocenters. The van der Waals surface area contributed by atoms with Gasteiger partial charge in [-0.15, -0.1) is 0 Å². The van der Waals surface area contributed by atoms with Crippen molar-refractivity contribution < 1.29 is 0 Å². The Kier molecular flexibility index (Phi) is 4.13. The highest BCUT2D eigenvalue weighted by atomic mass is 15.2. The quantitative estimate of drug-likeness (QED) is 0.867. The minimum absolute atomic E-state index is 0.532. The molecule has 3 nitrogen and oxygen atoms in total. The molecule has 1 fully saturated rings. The van der Waals surface area contributed by atoms with E-state index in [2.05, 4.69) is 29.8 Å². The molecule has 0 radical (unpaired) electrons. The summed E-state index contributed by atoms with van der Waals surface area (Å²) < 4.78 is 0. The molecule has 2 heterocycles. The van der Waals surface area contributed by atoms with Crippen LogP contribution in [0.4, 0.5) is 0 Å². The highest BCUT2D eigenvalue weighted by Crippen LogP contribution is 2.24. The van der Waals surface area contributed by atoms with Gasteiger partial charge in [0.1, 0.15) is 0 Å². The number of hydrogen-bond donors (Lipinski definition) is 1. The third-order valence-corrected chi connectivity index (χ3v) is 3.79. The van der Waals surface area contributed by atoms with E-state index in [0.29, 0.717) is 12.0 Å². The molecule has 1 aromatic rings. The van der Waals surface area contributed by atoms with Gasteiger partial charge in [0.15, 0.2) is 0 Å². The third-order valence-electron chi connectivity index (χ3n) is 3.79. The van der Waals surface area contributed by atoms with Crippen LogP contribution < -0.4 is 5.73 Å². The largest absolute Gasteiger partial charge is 0.329 e. The first-order valence-corrected chi connectivity index (χ1v) is 6.55. The Morgan fingerprint density at radius 2 is 2.29 bits per heavy atom. The van der Waals surface area contributed by atoms with Crippen molar-refractivity contribution in [2.45, 2.75) is 39.3 Å². The molecule has 2 N–H and O–H groups in total. The fraction of sp³-hybridized carbons (Fsp3) is 0.643. The van der Waals surface area contributed by atoms with E-state index in [9.17, 15) is 0 Å². The van der Waals surface area contributed by atoms with E-state index in [4.69, 9.17) is 5.73 Å². The van der Waals surface area contributed by atoms with Crippen LogP contribution in [-0.2, 0) is 6.54 Å². The fourth-order valence-corrected chi connectivity index (χ4v) is 2.85. The highest BCUT2D eigenvalue weighted by Gasteiger charge is 2.27. The van der Waals surface area contributed by atoms with Crippen LogP contribution in [0.2, 0.25) is 0 Å². The monoisotopic (exact) mass is 233 g/mol. The lowest BCUT2D eigenvalue weighted by Crippen LogP contribution is -2.48. The number of piperidine rings is 1. The van der Waals surface area contributed by atoms with Gasteiger partial charge >= 0.3 is 0 Å². The maximum absolute atomic E-state index is 5.91. The summed E-state index contributed by atoms with van der Waals surface area (Å²) in [5.41, 5.74) is 8.45. The SMILES string of the molecule is Cc1cncc(CN2CCCC(C)C2CN)c1. The Morgan fingerprint density at radius 1 is 1.47 bits per heavy atom. The maximum atomic E-state index is 5.91. The summed E-state index contributed by atoms with van der Waals surface area (Å²) in [4.78, 5) is 6.78. The summed E-state index contributed by atoms with van der Waals surface area (Å²) in [6.07, 6.45) is 6.48. The molecule has 3 heteroatoms. The van der Waals surface area contributed by atoms with Gasteiger partial charge in [-0.1, -0.05) is 13.0 Å². The zero-order valence-corrected chi connectivity index (χ0v) is 10.9. The minimum atomic E-state index is 0.532. The van der Waals surface area contributed by atoms with Gasteiger partial charge in [0.2, 0.25) is 0 Å². The summed E-state index contributed by atoms with van der Waals surface area (Å²) in [5.74, 6) is 0.714. The lowest BCUT2D eigenvalue weighted by atomic mass is 9.90. The van der Waals surface area contributed by atoms with Crippen molar-refractivity contribution in [2.75, 3.05) is 13.1 Å². The number of likely N-dealkylation sites (tertiary alicyclic amines) is 1. The number of nitrogens with zero attached hydrogens (tertiary/aromatic N) is 2. The van der Waals surface area contributed by atoms with E-state index in [1.165, 1.54) is 30.5 Å². The number of rotatable bonds is 3. The first-order chi connectivity index (χ1) is 8.20. The third kappa shape index (κ3) is 3.05. The number of aryl methyl sites for hydroxylation is 1. The van der Waals surface area contributed by atoms with E-state index < -0.39 is 0 Å². The summed E-state index contributed by atoms with van der Waals surface area (Å²) >= 11 is 0. The van der Waals surface area contributed by atoms with E-state index in [0.717, 1.165) is 13.1 Å². The van der Waals surface area contributed by atoms with Gasteiger partial charge in [-0.2, -0.15) is 0 Å². The predicted octanol–water partition coefficient (Wildman–Crippen LogP) is 1.95. The van der Waals surface area contributed by atoms with Crippen LogP contribution >= 0.6 is 0 Å². The second-order valence-corrected chi connectivity index (χ2v) is 5.26. The molecule has 0 bridgehead atoms. The lowest BCUT2D eigenvalue weighted by molar-refractivity contribution is 0.0989. The molecule has 0 aromatic carbocycles. The molecule has 1 aliphatic heterocycles. The summed E-state index contributed by atoms with van der Waals surface area (Å²) in [6.45, 7) is 7.33. The molecule has 1 saturated heterocycles. The van der Waals surface area contributed by atoms with Crippen molar-refractivity contribution in [3.8, 4) is 0 Å². The Morgan fingerprint density at radius 3 is 3.00 bits per heavy atom. The second kappa shape index (κ2) is 5.61. The van der Waals surface area contributed by atoms with Crippen molar-refractivity contribution in [3.05, 3.63) is 29.6 Å². The van der Waals surface area contributed by atoms with Crippen LogP contribution in [0.1, 0.15) is 30.9 Å². The van der Waals surface area contributed by atoms with Crippen LogP contribution in [0.15, 0.2) is 18.5 Å². The van der Waals surface area contributed by atoms with Crippen LogP contribution in [0.25, 0.3) is 0 Å². The Balaban J connectivity index is 2.06. The zero-order chi connectivity index (χ0) is 12.3. The molecule has 0 amide bonds. The minimum Gasteiger partial charge on any atom is -0.329 e. The summed E-state index contributed by atoms with van der Waals surface area (Å²) in [5, 5.41) is 0. The second-order valence-electron chi connectivity index (χ2n) is 5.26. The van der Waals surface area contributed by atoms with Crippen molar-refractivity contribution in [1.29, 1.82) is 0 Å². The number of aromatic nitrogens is 1. The van der Waals surface area contributed by atoms with Gasteiger partial charge < -0.3 is 5.73 Å². The first-order valence-electron chi connectivity index (χ1n) is 6.55. The Labute approximate surface area is 104 Å². The average molecular weight is 233 g/mol. The number of pyridine rings is 1. The lowest BCUT2D eigenvalue weighted by Gasteiger charge is -2.39. The summed E-state index contributed by atoms with van der Waals surface area (Å²) in [6, 6.07) is 2.75. The molecule has 2 unspecified atom stereocenters. The Bertz CT molecular complexity index is 364. The van der Waals surface area contributed by atoms with Gasteiger partial charge in [-0.05, 0) is 43.4 Å². The van der Waals surface area contributed by atoms with Crippen LogP contribution in [0.5, 0.6) is 0 Å². The topological polar surface area (TPSA) is 42.2 Å². The smallest absolute Gasteiger partial charge is 0.0313 e. The van der Waals surface area contributed by atoms with E-state index in [1.807, 2.05) is 12.4 Å². The van der Waals surface area contributed by atoms with E-state index in [1.54, 1.807) is 0 Å². The van der Waals surface area contributed by atoms with E-state index >= 15 is 0 Å². The molecule has 94 valence electrons. The van der Waals surface area contributed by atoms with Gasteiger partial charge in [0.25, 0.3) is 0 Å². The van der Waals surface area contributed by atoms with Crippen molar-refractivity contribution in [3.63, 3.8) is 0 Å². The van der Waals surface area contributed by atoms with Gasteiger partial charge in [0, 0.05) is 31.5 Å². The van der Waals surface area contributed by atoms with E-state index in [-0.39, 0.29) is 0 Å². The Hall–Kier alpha value is -0.930. The zero-order valence-electron chi connectivity index (χ0n) is 10.9. The average Bonchev–Trinajstić information content (AvgIpc) is 2.29. The molecule has 1 aliphatic rings. The molecule has 17 heavy (non-hydrogen) atoms. The van der Waals surface area contributed by atoms with Gasteiger partial charge in [-0.25, -0.2) is 0 Å². The van der Waals surface area contributed by atoms with Crippen molar-refractivity contribution in [2.24, 2.45) is 11.7 Å². The molecular weight excluding hydrogens is 210 g/mol. The van der Waals surface area contributed by atoms with Gasteiger partial charge in [-0.3, -0.25) is 9.88 Å². The number of hydrogen-bond acceptors (Lipinski definition) is 3. The molecule has 0 aliphatic carbocycles.